The fraction of sp³-hybridized carbons (Fsp3) is 0.286. The third kappa shape index (κ3) is 3.77. The summed E-state index contributed by atoms with van der Waals surface area (Å²) in [6.07, 6.45) is 0.553. The zero-order valence-electron chi connectivity index (χ0n) is 15.7. The molecule has 1 atom stereocenters. The van der Waals surface area contributed by atoms with Crippen LogP contribution in [0.15, 0.2) is 59.4 Å². The van der Waals surface area contributed by atoms with Crippen LogP contribution < -0.4 is 5.56 Å². The van der Waals surface area contributed by atoms with E-state index in [1.54, 1.807) is 21.6 Å². The molecule has 0 fully saturated rings. The molecule has 3 aromatic rings. The largest absolute Gasteiger partial charge is 0.330 e. The van der Waals surface area contributed by atoms with E-state index < -0.39 is 16.8 Å². The molecule has 3 rings (SSSR count). The Hall–Kier alpha value is -2.37. The van der Waals surface area contributed by atoms with Crippen LogP contribution in [0.25, 0.3) is 16.6 Å². The van der Waals surface area contributed by atoms with Crippen molar-refractivity contribution in [3.05, 3.63) is 70.8 Å². The molecule has 5 nitrogen and oxygen atoms in total. The number of carbonyl (C=O) groups is 1. The molecule has 0 radical (unpaired) electrons. The van der Waals surface area contributed by atoms with Crippen molar-refractivity contribution in [2.75, 3.05) is 6.54 Å². The number of hydrogen-bond acceptors (Lipinski definition) is 3. The van der Waals surface area contributed by atoms with Crippen molar-refractivity contribution in [2.24, 2.45) is 0 Å². The zero-order chi connectivity index (χ0) is 20.3. The summed E-state index contributed by atoms with van der Waals surface area (Å²) in [5.41, 5.74) is 1.10. The first-order chi connectivity index (χ1) is 13.5. The molecule has 0 bridgehead atoms. The lowest BCUT2D eigenvalue weighted by Gasteiger charge is -2.31. The molecule has 0 spiro atoms. The van der Waals surface area contributed by atoms with Crippen LogP contribution in [0.2, 0.25) is 0 Å². The second kappa shape index (κ2) is 8.76. The van der Waals surface area contributed by atoms with Crippen molar-refractivity contribution < 1.29 is 4.79 Å². The molecule has 146 valence electrons. The van der Waals surface area contributed by atoms with E-state index >= 15 is 0 Å². The van der Waals surface area contributed by atoms with Crippen molar-refractivity contribution in [1.82, 2.24) is 14.5 Å². The lowest BCUT2D eigenvalue weighted by atomic mass is 10.1. The van der Waals surface area contributed by atoms with Crippen LogP contribution in [0.3, 0.4) is 0 Å². The SMILES string of the molecule is CCC(c1nc2ccccc2c(=O)n1-c1ccccc1)N(CC)C(=O)C(Cl)Cl. The summed E-state index contributed by atoms with van der Waals surface area (Å²) in [5.74, 6) is 0.0845. The minimum absolute atomic E-state index is 0.179. The van der Waals surface area contributed by atoms with Crippen LogP contribution in [-0.4, -0.2) is 31.7 Å². The van der Waals surface area contributed by atoms with Gasteiger partial charge in [0, 0.05) is 6.54 Å². The van der Waals surface area contributed by atoms with Gasteiger partial charge in [0.25, 0.3) is 11.5 Å². The van der Waals surface area contributed by atoms with E-state index in [1.165, 1.54) is 0 Å². The number of halogens is 2. The Balaban J connectivity index is 2.31. The zero-order valence-corrected chi connectivity index (χ0v) is 17.2. The molecule has 0 saturated carbocycles. The molecule has 1 amide bonds. The quantitative estimate of drug-likeness (QED) is 0.555. The van der Waals surface area contributed by atoms with E-state index in [0.717, 1.165) is 0 Å². The molecule has 1 aromatic heterocycles. The first kappa shape index (κ1) is 20.4. The van der Waals surface area contributed by atoms with Gasteiger partial charge in [0.15, 0.2) is 4.84 Å². The van der Waals surface area contributed by atoms with E-state index in [-0.39, 0.29) is 5.56 Å². The number of carbonyl (C=O) groups excluding carboxylic acids is 1. The average molecular weight is 418 g/mol. The monoisotopic (exact) mass is 417 g/mol. The number of nitrogens with zero attached hydrogens (tertiary/aromatic N) is 3. The average Bonchev–Trinajstić information content (AvgIpc) is 2.72. The van der Waals surface area contributed by atoms with Gasteiger partial charge in [-0.3, -0.25) is 14.2 Å². The van der Waals surface area contributed by atoms with Gasteiger partial charge in [-0.15, -0.1) is 0 Å². The Bertz CT molecular complexity index is 1030. The highest BCUT2D eigenvalue weighted by Gasteiger charge is 2.30. The number of hydrogen-bond donors (Lipinski definition) is 0. The molecule has 1 unspecified atom stereocenters. The standard InChI is InChI=1S/C21H21Cl2N3O2/c1-3-17(25(4-2)21(28)18(22)23)19-24-16-13-9-8-12-15(16)20(27)26(19)14-10-6-5-7-11-14/h5-13,17-18H,3-4H2,1-2H3. The third-order valence-corrected chi connectivity index (χ3v) is 5.06. The maximum absolute atomic E-state index is 13.4. The lowest BCUT2D eigenvalue weighted by Crippen LogP contribution is -2.40. The summed E-state index contributed by atoms with van der Waals surface area (Å²) < 4.78 is 1.57. The minimum atomic E-state index is -1.17. The lowest BCUT2D eigenvalue weighted by molar-refractivity contribution is -0.131. The maximum atomic E-state index is 13.4. The van der Waals surface area contributed by atoms with Gasteiger partial charge in [-0.1, -0.05) is 60.5 Å². The molecule has 1 heterocycles. The number of benzene rings is 2. The second-order valence-electron chi connectivity index (χ2n) is 6.31. The topological polar surface area (TPSA) is 55.2 Å². The fourth-order valence-corrected chi connectivity index (χ4v) is 3.65. The highest BCUT2D eigenvalue weighted by Crippen LogP contribution is 2.27. The fourth-order valence-electron chi connectivity index (χ4n) is 3.40. The predicted octanol–water partition coefficient (Wildman–Crippen LogP) is 4.49. The Morgan fingerprint density at radius 3 is 2.32 bits per heavy atom. The van der Waals surface area contributed by atoms with E-state index in [2.05, 4.69) is 0 Å². The van der Waals surface area contributed by atoms with E-state index in [4.69, 9.17) is 28.2 Å². The predicted molar refractivity (Wildman–Crippen MR) is 113 cm³/mol. The number of aromatic nitrogens is 2. The van der Waals surface area contributed by atoms with Gasteiger partial charge in [0.05, 0.1) is 22.6 Å². The summed E-state index contributed by atoms with van der Waals surface area (Å²) in [5, 5.41) is 0.520. The first-order valence-electron chi connectivity index (χ1n) is 9.15. The summed E-state index contributed by atoms with van der Waals surface area (Å²) in [4.78, 5) is 31.1. The van der Waals surface area contributed by atoms with Crippen molar-refractivity contribution in [3.63, 3.8) is 0 Å². The summed E-state index contributed by atoms with van der Waals surface area (Å²) in [6, 6.07) is 16.0. The number of alkyl halides is 2. The van der Waals surface area contributed by atoms with Gasteiger partial charge in [-0.05, 0) is 37.6 Å². The summed E-state index contributed by atoms with van der Waals surface area (Å²) >= 11 is 11.7. The number of amides is 1. The Morgan fingerprint density at radius 1 is 1.07 bits per heavy atom. The molecule has 0 N–H and O–H groups in total. The van der Waals surface area contributed by atoms with Crippen LogP contribution in [-0.2, 0) is 4.79 Å². The van der Waals surface area contributed by atoms with Crippen LogP contribution in [0.5, 0.6) is 0 Å². The summed E-state index contributed by atoms with van der Waals surface area (Å²) in [7, 11) is 0. The molecular weight excluding hydrogens is 397 g/mol. The van der Waals surface area contributed by atoms with Gasteiger partial charge in [0.2, 0.25) is 0 Å². The van der Waals surface area contributed by atoms with Crippen molar-refractivity contribution in [3.8, 4) is 5.69 Å². The molecule has 28 heavy (non-hydrogen) atoms. The van der Waals surface area contributed by atoms with Gasteiger partial charge in [-0.2, -0.15) is 0 Å². The Labute approximate surface area is 173 Å². The van der Waals surface area contributed by atoms with E-state index in [9.17, 15) is 9.59 Å². The number of fused-ring (bicyclic) bond motifs is 1. The third-order valence-electron chi connectivity index (χ3n) is 4.69. The molecule has 2 aromatic carbocycles. The van der Waals surface area contributed by atoms with Crippen LogP contribution in [0, 0.1) is 0 Å². The molecular formula is C21H21Cl2N3O2. The number of rotatable bonds is 6. The second-order valence-corrected chi connectivity index (χ2v) is 7.41. The molecule has 0 aliphatic heterocycles. The molecule has 0 aliphatic carbocycles. The van der Waals surface area contributed by atoms with Crippen LogP contribution in [0.1, 0.15) is 32.1 Å². The van der Waals surface area contributed by atoms with Crippen molar-refractivity contribution in [2.45, 2.75) is 31.1 Å². The Kier molecular flexibility index (Phi) is 6.37. The Morgan fingerprint density at radius 2 is 1.71 bits per heavy atom. The summed E-state index contributed by atoms with van der Waals surface area (Å²) in [6.45, 7) is 4.18. The van der Waals surface area contributed by atoms with E-state index in [0.29, 0.717) is 35.4 Å². The van der Waals surface area contributed by atoms with Crippen molar-refractivity contribution >= 4 is 40.0 Å². The van der Waals surface area contributed by atoms with E-state index in [1.807, 2.05) is 56.3 Å². The van der Waals surface area contributed by atoms with Crippen LogP contribution in [0.4, 0.5) is 0 Å². The smallest absolute Gasteiger partial charge is 0.266 e. The maximum Gasteiger partial charge on any atom is 0.266 e. The van der Waals surface area contributed by atoms with Gasteiger partial charge in [0.1, 0.15) is 5.82 Å². The normalized spacial score (nSPS) is 12.3. The van der Waals surface area contributed by atoms with Gasteiger partial charge >= 0.3 is 0 Å². The van der Waals surface area contributed by atoms with Gasteiger partial charge < -0.3 is 4.90 Å². The number of para-hydroxylation sites is 2. The first-order valence-corrected chi connectivity index (χ1v) is 10.0. The highest BCUT2D eigenvalue weighted by atomic mass is 35.5. The minimum Gasteiger partial charge on any atom is -0.330 e. The highest BCUT2D eigenvalue weighted by molar-refractivity contribution is 6.53. The van der Waals surface area contributed by atoms with Crippen molar-refractivity contribution in [1.29, 1.82) is 0 Å². The van der Waals surface area contributed by atoms with Crippen LogP contribution >= 0.6 is 23.2 Å². The molecule has 0 saturated heterocycles. The molecule has 0 aliphatic rings. The molecule has 7 heteroatoms. The van der Waals surface area contributed by atoms with Gasteiger partial charge in [-0.25, -0.2) is 4.98 Å².